The van der Waals surface area contributed by atoms with Gasteiger partial charge in [-0.15, -0.1) is 11.8 Å². The van der Waals surface area contributed by atoms with Crippen LogP contribution in [-0.4, -0.2) is 55.6 Å². The Morgan fingerprint density at radius 2 is 2.48 bits per heavy atom. The minimum atomic E-state index is -0.597. The number of nitrogens with two attached hydrogens (primary N) is 1. The van der Waals surface area contributed by atoms with E-state index in [0.717, 1.165) is 17.3 Å². The largest absolute Gasteiger partial charge is 0.395 e. The van der Waals surface area contributed by atoms with Crippen LogP contribution in [0.4, 0.5) is 5.13 Å². The Balaban J connectivity index is 1.74. The molecule has 1 saturated heterocycles. The van der Waals surface area contributed by atoms with Crippen LogP contribution in [0.5, 0.6) is 0 Å². The zero-order valence-electron chi connectivity index (χ0n) is 12.1. The minimum Gasteiger partial charge on any atom is -0.395 e. The molecule has 2 atom stereocenters. The highest BCUT2D eigenvalue weighted by Crippen LogP contribution is 2.33. The fourth-order valence-corrected chi connectivity index (χ4v) is 3.66. The molecule has 2 amide bonds. The molecule has 0 bridgehead atoms. The Hall–Kier alpha value is -2.14. The summed E-state index contributed by atoms with van der Waals surface area (Å²) in [7, 11) is 0. The number of nitrogens with one attached hydrogen (secondary N) is 1. The Bertz CT molecular complexity index is 688. The molecule has 122 valence electrons. The van der Waals surface area contributed by atoms with Crippen molar-refractivity contribution >= 4 is 46.0 Å². The van der Waals surface area contributed by atoms with Crippen molar-refractivity contribution in [3.8, 4) is 0 Å². The summed E-state index contributed by atoms with van der Waals surface area (Å²) >= 11 is 2.53. The van der Waals surface area contributed by atoms with Gasteiger partial charge >= 0.3 is 0 Å². The van der Waals surface area contributed by atoms with Crippen molar-refractivity contribution in [2.24, 2.45) is 5.16 Å². The van der Waals surface area contributed by atoms with Crippen molar-refractivity contribution in [2.75, 3.05) is 18.1 Å². The first kappa shape index (κ1) is 15.7. The second-order valence-electron chi connectivity index (χ2n) is 4.62. The van der Waals surface area contributed by atoms with E-state index in [9.17, 15) is 9.59 Å². The van der Waals surface area contributed by atoms with Crippen LogP contribution in [0.3, 0.4) is 0 Å². The standard InChI is InChI=1S/C12H14N6O3S2/c1-2-21-16-6(8-15-12(13)23-17-8)9(19)14-7-10(20)18-4-3-5-22-11(7)18/h3-4,7,11H,2,5H2,1H3,(H,14,19)(H2,13,15,17)/t7?,11-/m0/s1. The highest BCUT2D eigenvalue weighted by molar-refractivity contribution is 8.00. The van der Waals surface area contributed by atoms with E-state index in [-0.39, 0.29) is 34.6 Å². The number of nitrogens with zero attached hydrogens (tertiary/aromatic N) is 4. The van der Waals surface area contributed by atoms with Crippen LogP contribution in [0.25, 0.3) is 0 Å². The number of nitrogen functional groups attached to an aromatic ring is 1. The number of hydrogen-bond donors (Lipinski definition) is 2. The van der Waals surface area contributed by atoms with Gasteiger partial charge in [0, 0.05) is 23.5 Å². The number of β-lactam (4-membered cyclic amide) rings is 1. The summed E-state index contributed by atoms with van der Waals surface area (Å²) in [6.07, 6.45) is 3.64. The van der Waals surface area contributed by atoms with E-state index in [4.69, 9.17) is 10.6 Å². The zero-order chi connectivity index (χ0) is 16.4. The lowest BCUT2D eigenvalue weighted by atomic mass is 10.1. The Kier molecular flexibility index (Phi) is 4.48. The van der Waals surface area contributed by atoms with E-state index < -0.39 is 11.9 Å². The van der Waals surface area contributed by atoms with Gasteiger partial charge in [0.25, 0.3) is 11.8 Å². The van der Waals surface area contributed by atoms with E-state index in [1.807, 2.05) is 6.08 Å². The van der Waals surface area contributed by atoms with Gasteiger partial charge in [-0.05, 0) is 6.92 Å². The number of rotatable bonds is 5. The SMILES string of the molecule is CCON=C(C(=O)NC1C(=O)N2C=CCS[C@@H]12)c1nsc(N)n1. The molecule has 0 saturated carbocycles. The van der Waals surface area contributed by atoms with E-state index in [1.165, 1.54) is 0 Å². The first-order valence-corrected chi connectivity index (χ1v) is 8.65. The normalized spacial score (nSPS) is 23.3. The predicted molar refractivity (Wildman–Crippen MR) is 86.6 cm³/mol. The number of anilines is 1. The molecule has 1 aromatic rings. The molecular formula is C12H14N6O3S2. The molecule has 0 spiro atoms. The molecular weight excluding hydrogens is 340 g/mol. The zero-order valence-corrected chi connectivity index (χ0v) is 13.8. The van der Waals surface area contributed by atoms with E-state index in [2.05, 4.69) is 19.8 Å². The molecule has 0 aliphatic carbocycles. The first-order chi connectivity index (χ1) is 11.1. The second kappa shape index (κ2) is 6.54. The fraction of sp³-hybridized carbons (Fsp3) is 0.417. The third-order valence-corrected chi connectivity index (χ3v) is 4.92. The lowest BCUT2D eigenvalue weighted by Gasteiger charge is -2.46. The summed E-state index contributed by atoms with van der Waals surface area (Å²) in [5.41, 5.74) is 5.44. The molecule has 1 unspecified atom stereocenters. The van der Waals surface area contributed by atoms with Crippen molar-refractivity contribution in [1.29, 1.82) is 0 Å². The van der Waals surface area contributed by atoms with Crippen LogP contribution < -0.4 is 11.1 Å². The first-order valence-electron chi connectivity index (χ1n) is 6.82. The summed E-state index contributed by atoms with van der Waals surface area (Å²) in [5.74, 6) is 0.154. The lowest BCUT2D eigenvalue weighted by molar-refractivity contribution is -0.143. The van der Waals surface area contributed by atoms with E-state index in [0.29, 0.717) is 0 Å². The van der Waals surface area contributed by atoms with Crippen LogP contribution >= 0.6 is 23.3 Å². The van der Waals surface area contributed by atoms with Gasteiger partial charge in [-0.2, -0.15) is 9.36 Å². The number of oxime groups is 1. The van der Waals surface area contributed by atoms with Gasteiger partial charge in [-0.1, -0.05) is 11.2 Å². The number of amides is 2. The third kappa shape index (κ3) is 3.01. The number of thioether (sulfide) groups is 1. The molecule has 11 heteroatoms. The molecule has 3 N–H and O–H groups in total. The van der Waals surface area contributed by atoms with Crippen molar-refractivity contribution < 1.29 is 14.4 Å². The highest BCUT2D eigenvalue weighted by Gasteiger charge is 2.48. The van der Waals surface area contributed by atoms with Crippen molar-refractivity contribution in [1.82, 2.24) is 19.6 Å². The number of hydrogen-bond acceptors (Lipinski definition) is 9. The monoisotopic (exact) mass is 354 g/mol. The van der Waals surface area contributed by atoms with Gasteiger partial charge in [0.05, 0.1) is 0 Å². The molecule has 9 nitrogen and oxygen atoms in total. The molecule has 0 aromatic carbocycles. The van der Waals surface area contributed by atoms with Crippen LogP contribution in [-0.2, 0) is 14.4 Å². The van der Waals surface area contributed by atoms with E-state index in [1.54, 1.807) is 29.8 Å². The Labute approximate surface area is 140 Å². The highest BCUT2D eigenvalue weighted by atomic mass is 32.2. The number of carbonyl (C=O) groups excluding carboxylic acids is 2. The molecule has 3 rings (SSSR count). The van der Waals surface area contributed by atoms with Gasteiger partial charge in [0.15, 0.2) is 5.13 Å². The maximum absolute atomic E-state index is 12.4. The minimum absolute atomic E-state index is 0.0817. The number of aromatic nitrogens is 2. The summed E-state index contributed by atoms with van der Waals surface area (Å²) in [6.45, 7) is 2.02. The predicted octanol–water partition coefficient (Wildman–Crippen LogP) is -0.226. The van der Waals surface area contributed by atoms with E-state index >= 15 is 0 Å². The fourth-order valence-electron chi connectivity index (χ4n) is 2.12. The van der Waals surface area contributed by atoms with Crippen LogP contribution in [0, 0.1) is 0 Å². The van der Waals surface area contributed by atoms with Gasteiger partial charge in [-0.3, -0.25) is 9.59 Å². The van der Waals surface area contributed by atoms with Crippen molar-refractivity contribution in [3.05, 3.63) is 18.1 Å². The number of fused-ring (bicyclic) bond motifs is 1. The molecule has 1 fully saturated rings. The Morgan fingerprint density at radius 3 is 3.17 bits per heavy atom. The van der Waals surface area contributed by atoms with Gasteiger partial charge in [-0.25, -0.2) is 0 Å². The third-order valence-electron chi connectivity index (χ3n) is 3.15. The Morgan fingerprint density at radius 1 is 1.65 bits per heavy atom. The summed E-state index contributed by atoms with van der Waals surface area (Å²) in [4.78, 5) is 35.0. The maximum atomic E-state index is 12.4. The summed E-state index contributed by atoms with van der Waals surface area (Å²) in [5, 5.41) is 6.54. The van der Waals surface area contributed by atoms with Crippen LogP contribution in [0.1, 0.15) is 12.7 Å². The summed E-state index contributed by atoms with van der Waals surface area (Å²) < 4.78 is 3.96. The summed E-state index contributed by atoms with van der Waals surface area (Å²) in [6, 6.07) is -0.597. The maximum Gasteiger partial charge on any atom is 0.278 e. The second-order valence-corrected chi connectivity index (χ2v) is 6.55. The topological polar surface area (TPSA) is 123 Å². The quantitative estimate of drug-likeness (QED) is 0.425. The molecule has 2 aliphatic rings. The molecule has 2 aliphatic heterocycles. The molecule has 23 heavy (non-hydrogen) atoms. The van der Waals surface area contributed by atoms with Crippen molar-refractivity contribution in [2.45, 2.75) is 18.3 Å². The smallest absolute Gasteiger partial charge is 0.278 e. The lowest BCUT2D eigenvalue weighted by Crippen LogP contribution is -2.68. The molecule has 3 heterocycles. The molecule has 0 radical (unpaired) electrons. The molecule has 1 aromatic heterocycles. The number of carbonyl (C=O) groups is 2. The average molecular weight is 354 g/mol. The average Bonchev–Trinajstić information content (AvgIpc) is 2.98. The van der Waals surface area contributed by atoms with Crippen LogP contribution in [0.2, 0.25) is 0 Å². The van der Waals surface area contributed by atoms with Gasteiger partial charge in [0.1, 0.15) is 18.0 Å². The van der Waals surface area contributed by atoms with Gasteiger partial charge < -0.3 is 20.8 Å². The van der Waals surface area contributed by atoms with Gasteiger partial charge in [0.2, 0.25) is 11.5 Å². The van der Waals surface area contributed by atoms with Crippen LogP contribution in [0.15, 0.2) is 17.4 Å². The van der Waals surface area contributed by atoms with Crippen molar-refractivity contribution in [3.63, 3.8) is 0 Å².